The lowest BCUT2D eigenvalue weighted by Crippen LogP contribution is -2.38. The van der Waals surface area contributed by atoms with Crippen molar-refractivity contribution in [2.24, 2.45) is 5.73 Å². The summed E-state index contributed by atoms with van der Waals surface area (Å²) in [7, 11) is 0. The highest BCUT2D eigenvalue weighted by molar-refractivity contribution is 9.10. The van der Waals surface area contributed by atoms with Crippen molar-refractivity contribution in [3.8, 4) is 0 Å². The van der Waals surface area contributed by atoms with Gasteiger partial charge in [0.2, 0.25) is 0 Å². The maximum Gasteiger partial charge on any atom is 0.169 e. The van der Waals surface area contributed by atoms with Crippen molar-refractivity contribution in [2.45, 2.75) is 31.9 Å². The first-order valence-corrected chi connectivity index (χ1v) is 7.34. The van der Waals surface area contributed by atoms with Crippen LogP contribution in [-0.4, -0.2) is 37.2 Å². The van der Waals surface area contributed by atoms with Gasteiger partial charge in [-0.25, -0.2) is 0 Å². The highest BCUT2D eigenvalue weighted by Crippen LogP contribution is 2.26. The Morgan fingerprint density at radius 2 is 2.39 bits per heavy atom. The summed E-state index contributed by atoms with van der Waals surface area (Å²) in [6.45, 7) is 5.51. The van der Waals surface area contributed by atoms with Gasteiger partial charge in [-0.2, -0.15) is 0 Å². The Morgan fingerprint density at radius 1 is 1.56 bits per heavy atom. The van der Waals surface area contributed by atoms with Crippen LogP contribution in [0.4, 0.5) is 0 Å². The summed E-state index contributed by atoms with van der Waals surface area (Å²) in [6.07, 6.45) is 2.39. The molecule has 2 N–H and O–H groups in total. The predicted octanol–water partition coefficient (Wildman–Crippen LogP) is 2.54. The second-order valence-electron chi connectivity index (χ2n) is 4.64. The van der Waals surface area contributed by atoms with Crippen LogP contribution in [0.5, 0.6) is 0 Å². The molecule has 4 nitrogen and oxygen atoms in total. The predicted molar refractivity (Wildman–Crippen MR) is 74.4 cm³/mol. The molecular weight excluding hydrogens is 296 g/mol. The van der Waals surface area contributed by atoms with Crippen LogP contribution in [0.15, 0.2) is 21.2 Å². The van der Waals surface area contributed by atoms with E-state index in [1.165, 1.54) is 0 Å². The summed E-state index contributed by atoms with van der Waals surface area (Å²) in [4.78, 5) is 2.38. The Bertz CT molecular complexity index is 370. The fourth-order valence-corrected chi connectivity index (χ4v) is 2.72. The van der Waals surface area contributed by atoms with Crippen LogP contribution in [0, 0.1) is 0 Å². The van der Waals surface area contributed by atoms with E-state index in [1.807, 2.05) is 12.1 Å². The molecule has 0 aromatic carbocycles. The van der Waals surface area contributed by atoms with E-state index in [-0.39, 0.29) is 6.04 Å². The van der Waals surface area contributed by atoms with Crippen molar-refractivity contribution in [2.75, 3.05) is 26.2 Å². The summed E-state index contributed by atoms with van der Waals surface area (Å²) < 4.78 is 12.2. The molecule has 18 heavy (non-hydrogen) atoms. The normalized spacial score (nSPS) is 23.8. The lowest BCUT2D eigenvalue weighted by molar-refractivity contribution is 0.0440. The molecule has 0 spiro atoms. The van der Waals surface area contributed by atoms with Crippen molar-refractivity contribution >= 4 is 15.9 Å². The van der Waals surface area contributed by atoms with E-state index in [1.54, 1.807) is 0 Å². The summed E-state index contributed by atoms with van der Waals surface area (Å²) >= 11 is 3.34. The summed E-state index contributed by atoms with van der Waals surface area (Å²) in [5, 5.41) is 0. The van der Waals surface area contributed by atoms with Crippen LogP contribution in [0.1, 0.15) is 31.6 Å². The van der Waals surface area contributed by atoms with Crippen molar-refractivity contribution in [1.29, 1.82) is 0 Å². The Hall–Kier alpha value is -0.360. The Kier molecular flexibility index (Phi) is 5.24. The number of hydrogen-bond acceptors (Lipinski definition) is 4. The zero-order valence-electron chi connectivity index (χ0n) is 10.8. The molecule has 0 bridgehead atoms. The van der Waals surface area contributed by atoms with E-state index in [0.29, 0.717) is 12.6 Å². The molecule has 102 valence electrons. The van der Waals surface area contributed by atoms with Gasteiger partial charge in [0.1, 0.15) is 5.76 Å². The molecule has 1 aliphatic rings. The van der Waals surface area contributed by atoms with Gasteiger partial charge in [-0.1, -0.05) is 6.92 Å². The van der Waals surface area contributed by atoms with Gasteiger partial charge in [-0.05, 0) is 40.9 Å². The fourth-order valence-electron chi connectivity index (χ4n) is 2.41. The van der Waals surface area contributed by atoms with Gasteiger partial charge in [0, 0.05) is 26.2 Å². The van der Waals surface area contributed by atoms with Gasteiger partial charge in [0.05, 0.1) is 12.1 Å². The SMILES string of the molecule is CCC1CN(C(CN)c2ccc(Br)o2)CCCO1. The molecule has 2 atom stereocenters. The lowest BCUT2D eigenvalue weighted by Gasteiger charge is -2.29. The largest absolute Gasteiger partial charge is 0.453 e. The molecule has 2 rings (SSSR count). The second kappa shape index (κ2) is 6.70. The van der Waals surface area contributed by atoms with Crippen LogP contribution in [0.2, 0.25) is 0 Å². The molecule has 1 aromatic heterocycles. The van der Waals surface area contributed by atoms with Gasteiger partial charge in [0.25, 0.3) is 0 Å². The third-order valence-electron chi connectivity index (χ3n) is 3.42. The van der Waals surface area contributed by atoms with Gasteiger partial charge in [0.15, 0.2) is 4.67 Å². The molecule has 1 saturated heterocycles. The third kappa shape index (κ3) is 3.35. The lowest BCUT2D eigenvalue weighted by atomic mass is 10.1. The number of rotatable bonds is 4. The van der Waals surface area contributed by atoms with E-state index in [4.69, 9.17) is 14.9 Å². The standard InChI is InChI=1S/C13H21BrN2O2/c1-2-10-9-16(6-3-7-17-10)11(8-15)12-4-5-13(14)18-12/h4-5,10-11H,2-3,6-9,15H2,1H3. The molecule has 2 unspecified atom stereocenters. The maximum atomic E-state index is 5.93. The molecule has 1 fully saturated rings. The van der Waals surface area contributed by atoms with Crippen molar-refractivity contribution in [1.82, 2.24) is 4.90 Å². The van der Waals surface area contributed by atoms with E-state index in [2.05, 4.69) is 27.8 Å². The highest BCUT2D eigenvalue weighted by Gasteiger charge is 2.26. The quantitative estimate of drug-likeness (QED) is 0.927. The van der Waals surface area contributed by atoms with Crippen molar-refractivity contribution in [3.05, 3.63) is 22.6 Å². The van der Waals surface area contributed by atoms with Crippen LogP contribution < -0.4 is 5.73 Å². The number of nitrogens with two attached hydrogens (primary N) is 1. The molecule has 5 heteroatoms. The smallest absolute Gasteiger partial charge is 0.169 e. The minimum absolute atomic E-state index is 0.145. The average Bonchev–Trinajstić information content (AvgIpc) is 2.66. The zero-order chi connectivity index (χ0) is 13.0. The molecule has 0 amide bonds. The number of halogens is 1. The van der Waals surface area contributed by atoms with Crippen LogP contribution in [0.3, 0.4) is 0 Å². The average molecular weight is 317 g/mol. The number of hydrogen-bond donors (Lipinski definition) is 1. The summed E-state index contributed by atoms with van der Waals surface area (Å²) in [5.41, 5.74) is 5.93. The van der Waals surface area contributed by atoms with Gasteiger partial charge < -0.3 is 14.9 Å². The molecule has 0 saturated carbocycles. The van der Waals surface area contributed by atoms with Gasteiger partial charge in [-0.3, -0.25) is 4.90 Å². The second-order valence-corrected chi connectivity index (χ2v) is 5.42. The molecular formula is C13H21BrN2O2. The maximum absolute atomic E-state index is 5.93. The first-order chi connectivity index (χ1) is 8.74. The first kappa shape index (κ1) is 14.1. The number of ether oxygens (including phenoxy) is 1. The topological polar surface area (TPSA) is 51.6 Å². The molecule has 2 heterocycles. The van der Waals surface area contributed by atoms with Crippen LogP contribution in [0.25, 0.3) is 0 Å². The monoisotopic (exact) mass is 316 g/mol. The van der Waals surface area contributed by atoms with E-state index >= 15 is 0 Å². The minimum Gasteiger partial charge on any atom is -0.453 e. The number of furan rings is 1. The van der Waals surface area contributed by atoms with Gasteiger partial charge in [-0.15, -0.1) is 0 Å². The third-order valence-corrected chi connectivity index (χ3v) is 3.85. The zero-order valence-corrected chi connectivity index (χ0v) is 12.4. The van der Waals surface area contributed by atoms with Crippen LogP contribution >= 0.6 is 15.9 Å². The van der Waals surface area contributed by atoms with E-state index in [9.17, 15) is 0 Å². The minimum atomic E-state index is 0.145. The number of nitrogens with zero attached hydrogens (tertiary/aromatic N) is 1. The Labute approximate surface area is 117 Å². The molecule has 0 aliphatic carbocycles. The first-order valence-electron chi connectivity index (χ1n) is 6.55. The van der Waals surface area contributed by atoms with E-state index in [0.717, 1.165) is 43.0 Å². The van der Waals surface area contributed by atoms with Crippen LogP contribution in [-0.2, 0) is 4.74 Å². The molecule has 1 aliphatic heterocycles. The van der Waals surface area contributed by atoms with Crippen molar-refractivity contribution < 1.29 is 9.15 Å². The van der Waals surface area contributed by atoms with Crippen molar-refractivity contribution in [3.63, 3.8) is 0 Å². The van der Waals surface area contributed by atoms with Gasteiger partial charge >= 0.3 is 0 Å². The van der Waals surface area contributed by atoms with E-state index < -0.39 is 0 Å². The Balaban J connectivity index is 2.10. The molecule has 1 aromatic rings. The summed E-state index contributed by atoms with van der Waals surface area (Å²) in [5.74, 6) is 0.932. The Morgan fingerprint density at radius 3 is 3.00 bits per heavy atom. The highest BCUT2D eigenvalue weighted by atomic mass is 79.9. The summed E-state index contributed by atoms with van der Waals surface area (Å²) in [6, 6.07) is 4.06. The fraction of sp³-hybridized carbons (Fsp3) is 0.692. The molecule has 0 radical (unpaired) electrons.